The highest BCUT2D eigenvalue weighted by molar-refractivity contribution is 5.97. The summed E-state index contributed by atoms with van der Waals surface area (Å²) >= 11 is 0. The van der Waals surface area contributed by atoms with E-state index >= 15 is 0 Å². The fourth-order valence-electron chi connectivity index (χ4n) is 3.94. The first-order valence-electron chi connectivity index (χ1n) is 10.6. The van der Waals surface area contributed by atoms with Crippen LogP contribution in [0.15, 0.2) is 71.3 Å². The van der Waals surface area contributed by atoms with Gasteiger partial charge < -0.3 is 24.2 Å². The molecule has 5 aromatic rings. The fourth-order valence-corrected chi connectivity index (χ4v) is 3.94. The number of amides is 1. The molecule has 3 aromatic carbocycles. The van der Waals surface area contributed by atoms with Crippen molar-refractivity contribution in [3.05, 3.63) is 89.4 Å². The molecule has 0 aliphatic heterocycles. The van der Waals surface area contributed by atoms with Crippen molar-refractivity contribution < 1.29 is 18.7 Å². The number of rotatable bonds is 7. The number of carbonyl (C=O) groups excluding carboxylic acids is 1. The van der Waals surface area contributed by atoms with Crippen LogP contribution < -0.4 is 14.8 Å². The number of methoxy groups -OCH3 is 2. The molecule has 33 heavy (non-hydrogen) atoms. The zero-order valence-corrected chi connectivity index (χ0v) is 18.3. The van der Waals surface area contributed by atoms with Crippen molar-refractivity contribution in [1.82, 2.24) is 15.3 Å². The standard InChI is InChI=1S/C26H23N3O4/c1-31-22-9-6-16(12-24(22)32-2)13-25-29-21-8-7-17(14-23(21)33-25)26(30)28-15-18-4-3-5-20-19(18)10-11-27-20/h3-12,14,27H,13,15H2,1-2H3,(H,28,30). The number of aromatic nitrogens is 2. The average molecular weight is 441 g/mol. The lowest BCUT2D eigenvalue weighted by Gasteiger charge is -2.08. The van der Waals surface area contributed by atoms with E-state index in [1.54, 1.807) is 32.4 Å². The summed E-state index contributed by atoms with van der Waals surface area (Å²) in [4.78, 5) is 20.5. The molecule has 0 aliphatic carbocycles. The number of fused-ring (bicyclic) bond motifs is 2. The molecule has 0 saturated heterocycles. The summed E-state index contributed by atoms with van der Waals surface area (Å²) in [6, 6.07) is 19.0. The van der Waals surface area contributed by atoms with Crippen LogP contribution in [0, 0.1) is 0 Å². The molecule has 0 bridgehead atoms. The molecule has 0 saturated carbocycles. The lowest BCUT2D eigenvalue weighted by Crippen LogP contribution is -2.22. The van der Waals surface area contributed by atoms with Crippen molar-refractivity contribution in [2.75, 3.05) is 14.2 Å². The molecule has 0 unspecified atom stereocenters. The Hall–Kier alpha value is -4.26. The maximum absolute atomic E-state index is 12.8. The number of benzene rings is 3. The Labute approximate surface area is 190 Å². The summed E-state index contributed by atoms with van der Waals surface area (Å²) < 4.78 is 16.6. The van der Waals surface area contributed by atoms with E-state index in [9.17, 15) is 4.79 Å². The summed E-state index contributed by atoms with van der Waals surface area (Å²) in [5.41, 5.74) is 4.89. The SMILES string of the molecule is COc1ccc(Cc2nc3ccc(C(=O)NCc4cccc5[nH]ccc45)cc3o2)cc1OC. The van der Waals surface area contributed by atoms with Crippen LogP contribution in [-0.2, 0) is 13.0 Å². The topological polar surface area (TPSA) is 89.4 Å². The second-order valence-corrected chi connectivity index (χ2v) is 7.69. The molecule has 5 rings (SSSR count). The number of ether oxygens (including phenoxy) is 2. The van der Waals surface area contributed by atoms with Crippen molar-refractivity contribution in [2.24, 2.45) is 0 Å². The van der Waals surface area contributed by atoms with Crippen molar-refractivity contribution in [3.8, 4) is 11.5 Å². The van der Waals surface area contributed by atoms with Gasteiger partial charge in [-0.15, -0.1) is 0 Å². The Morgan fingerprint density at radius 1 is 1.03 bits per heavy atom. The minimum Gasteiger partial charge on any atom is -0.493 e. The minimum atomic E-state index is -0.165. The zero-order valence-electron chi connectivity index (χ0n) is 18.3. The molecule has 0 fully saturated rings. The first-order valence-corrected chi connectivity index (χ1v) is 10.6. The number of nitrogens with one attached hydrogen (secondary N) is 2. The van der Waals surface area contributed by atoms with E-state index in [-0.39, 0.29) is 5.91 Å². The Morgan fingerprint density at radius 2 is 1.91 bits per heavy atom. The predicted octanol–water partition coefficient (Wildman–Crippen LogP) is 4.85. The number of hydrogen-bond donors (Lipinski definition) is 2. The quantitative estimate of drug-likeness (QED) is 0.377. The molecular weight excluding hydrogens is 418 g/mol. The Balaban J connectivity index is 1.31. The third kappa shape index (κ3) is 4.13. The van der Waals surface area contributed by atoms with Gasteiger partial charge >= 0.3 is 0 Å². The normalized spacial score (nSPS) is 11.1. The fraction of sp³-hybridized carbons (Fsp3) is 0.154. The van der Waals surface area contributed by atoms with E-state index < -0.39 is 0 Å². The molecule has 0 spiro atoms. The van der Waals surface area contributed by atoms with Crippen molar-refractivity contribution in [3.63, 3.8) is 0 Å². The maximum Gasteiger partial charge on any atom is 0.251 e. The summed E-state index contributed by atoms with van der Waals surface area (Å²) in [7, 11) is 3.21. The molecule has 2 heterocycles. The summed E-state index contributed by atoms with van der Waals surface area (Å²) in [5.74, 6) is 1.72. The van der Waals surface area contributed by atoms with Crippen LogP contribution in [-0.4, -0.2) is 30.1 Å². The predicted molar refractivity (Wildman–Crippen MR) is 126 cm³/mol. The average Bonchev–Trinajstić information content (AvgIpc) is 3.48. The zero-order chi connectivity index (χ0) is 22.8. The van der Waals surface area contributed by atoms with Gasteiger partial charge in [-0.25, -0.2) is 4.98 Å². The van der Waals surface area contributed by atoms with Gasteiger partial charge in [0.25, 0.3) is 5.91 Å². The van der Waals surface area contributed by atoms with Crippen LogP contribution in [0.1, 0.15) is 27.4 Å². The lowest BCUT2D eigenvalue weighted by molar-refractivity contribution is 0.0951. The molecule has 7 heteroatoms. The van der Waals surface area contributed by atoms with Gasteiger partial charge in [-0.1, -0.05) is 18.2 Å². The van der Waals surface area contributed by atoms with Crippen LogP contribution in [0.3, 0.4) is 0 Å². The largest absolute Gasteiger partial charge is 0.493 e. The molecule has 2 N–H and O–H groups in total. The minimum absolute atomic E-state index is 0.165. The first kappa shape index (κ1) is 20.6. The molecule has 2 aromatic heterocycles. The number of oxazole rings is 1. The maximum atomic E-state index is 12.8. The van der Waals surface area contributed by atoms with Gasteiger partial charge in [0.1, 0.15) is 5.52 Å². The number of hydrogen-bond acceptors (Lipinski definition) is 5. The van der Waals surface area contributed by atoms with Crippen LogP contribution >= 0.6 is 0 Å². The van der Waals surface area contributed by atoms with Gasteiger partial charge in [0.2, 0.25) is 0 Å². The van der Waals surface area contributed by atoms with E-state index in [0.29, 0.717) is 47.0 Å². The van der Waals surface area contributed by atoms with E-state index in [1.165, 1.54) is 0 Å². The lowest BCUT2D eigenvalue weighted by atomic mass is 10.1. The van der Waals surface area contributed by atoms with Gasteiger partial charge in [0.05, 0.1) is 14.2 Å². The summed E-state index contributed by atoms with van der Waals surface area (Å²) in [6.45, 7) is 0.438. The monoisotopic (exact) mass is 441 g/mol. The number of carbonyl (C=O) groups is 1. The van der Waals surface area contributed by atoms with Gasteiger partial charge in [-0.05, 0) is 53.6 Å². The second-order valence-electron chi connectivity index (χ2n) is 7.69. The molecule has 166 valence electrons. The van der Waals surface area contributed by atoms with Gasteiger partial charge in [-0.2, -0.15) is 0 Å². The highest BCUT2D eigenvalue weighted by Gasteiger charge is 2.13. The van der Waals surface area contributed by atoms with Gasteiger partial charge in [0.15, 0.2) is 23.0 Å². The molecule has 0 radical (unpaired) electrons. The van der Waals surface area contributed by atoms with E-state index in [2.05, 4.69) is 15.3 Å². The number of aromatic amines is 1. The van der Waals surface area contributed by atoms with Crippen LogP contribution in [0.5, 0.6) is 11.5 Å². The number of H-pyrrole nitrogens is 1. The highest BCUT2D eigenvalue weighted by Crippen LogP contribution is 2.29. The molecule has 0 atom stereocenters. The first-order chi connectivity index (χ1) is 16.1. The van der Waals surface area contributed by atoms with E-state index in [1.807, 2.05) is 48.7 Å². The molecule has 1 amide bonds. The van der Waals surface area contributed by atoms with Crippen LogP contribution in [0.25, 0.3) is 22.0 Å². The van der Waals surface area contributed by atoms with Crippen molar-refractivity contribution >= 4 is 27.9 Å². The van der Waals surface area contributed by atoms with E-state index in [0.717, 1.165) is 22.0 Å². The Kier molecular flexibility index (Phi) is 5.44. The summed E-state index contributed by atoms with van der Waals surface area (Å²) in [5, 5.41) is 4.09. The van der Waals surface area contributed by atoms with Gasteiger partial charge in [0, 0.05) is 35.6 Å². The third-order valence-corrected chi connectivity index (χ3v) is 5.62. The third-order valence-electron chi connectivity index (χ3n) is 5.62. The molecule has 0 aliphatic rings. The van der Waals surface area contributed by atoms with Crippen LogP contribution in [0.2, 0.25) is 0 Å². The van der Waals surface area contributed by atoms with Crippen molar-refractivity contribution in [2.45, 2.75) is 13.0 Å². The molecular formula is C26H23N3O4. The summed E-state index contributed by atoms with van der Waals surface area (Å²) in [6.07, 6.45) is 2.39. The number of nitrogens with zero attached hydrogens (tertiary/aromatic N) is 1. The Morgan fingerprint density at radius 3 is 2.76 bits per heavy atom. The van der Waals surface area contributed by atoms with Gasteiger partial charge in [-0.3, -0.25) is 4.79 Å². The smallest absolute Gasteiger partial charge is 0.251 e. The highest BCUT2D eigenvalue weighted by atomic mass is 16.5. The Bertz CT molecular complexity index is 1450. The molecule has 7 nitrogen and oxygen atoms in total. The van der Waals surface area contributed by atoms with E-state index in [4.69, 9.17) is 13.9 Å². The van der Waals surface area contributed by atoms with Crippen molar-refractivity contribution in [1.29, 1.82) is 0 Å². The van der Waals surface area contributed by atoms with Crippen LogP contribution in [0.4, 0.5) is 0 Å². The second kappa shape index (κ2) is 8.70.